The van der Waals surface area contributed by atoms with E-state index < -0.39 is 13.4 Å². The summed E-state index contributed by atoms with van der Waals surface area (Å²) in [6.45, 7) is 0. The molecule has 0 amide bonds. The van der Waals surface area contributed by atoms with E-state index in [0.29, 0.717) is 11.5 Å². The molecule has 1 unspecified atom stereocenters. The SMILES string of the molecule is CNC(c1ccccc1)P(=O)(Oc1ccccc1)Oc1ccccc1. The number of rotatable bonds is 7. The van der Waals surface area contributed by atoms with Gasteiger partial charge in [0, 0.05) is 0 Å². The van der Waals surface area contributed by atoms with E-state index in [0.717, 1.165) is 5.56 Å². The Morgan fingerprint density at radius 3 is 1.52 bits per heavy atom. The van der Waals surface area contributed by atoms with Crippen LogP contribution in [0, 0.1) is 0 Å². The van der Waals surface area contributed by atoms with Crippen LogP contribution in [0.3, 0.4) is 0 Å². The molecule has 4 nitrogen and oxygen atoms in total. The first kappa shape index (κ1) is 17.3. The molecule has 3 aromatic carbocycles. The predicted octanol–water partition coefficient (Wildman–Crippen LogP) is 5.26. The molecule has 0 spiro atoms. The van der Waals surface area contributed by atoms with Crippen LogP contribution in [0.1, 0.15) is 11.3 Å². The molecule has 0 aliphatic heterocycles. The number of hydrogen-bond donors (Lipinski definition) is 1. The van der Waals surface area contributed by atoms with Gasteiger partial charge in [0.2, 0.25) is 0 Å². The van der Waals surface area contributed by atoms with Crippen LogP contribution in [0.15, 0.2) is 91.0 Å². The molecule has 0 saturated heterocycles. The largest absolute Gasteiger partial charge is 0.452 e. The summed E-state index contributed by atoms with van der Waals surface area (Å²) in [4.78, 5) is 0. The lowest BCUT2D eigenvalue weighted by molar-refractivity contribution is 0.365. The van der Waals surface area contributed by atoms with Gasteiger partial charge in [-0.25, -0.2) is 4.57 Å². The van der Waals surface area contributed by atoms with Crippen molar-refractivity contribution in [3.63, 3.8) is 0 Å². The Kier molecular flexibility index (Phi) is 5.54. The van der Waals surface area contributed by atoms with E-state index in [4.69, 9.17) is 9.05 Å². The lowest BCUT2D eigenvalue weighted by atomic mass is 10.2. The van der Waals surface area contributed by atoms with E-state index in [1.54, 1.807) is 31.3 Å². The summed E-state index contributed by atoms with van der Waals surface area (Å²) in [5, 5.41) is 3.09. The third-order valence-corrected chi connectivity index (χ3v) is 5.78. The quantitative estimate of drug-likeness (QED) is 0.589. The van der Waals surface area contributed by atoms with Gasteiger partial charge in [0.25, 0.3) is 0 Å². The van der Waals surface area contributed by atoms with Gasteiger partial charge in [-0.1, -0.05) is 66.7 Å². The van der Waals surface area contributed by atoms with Gasteiger partial charge in [-0.2, -0.15) is 0 Å². The molecule has 0 saturated carbocycles. The number of benzene rings is 3. The van der Waals surface area contributed by atoms with Crippen LogP contribution < -0.4 is 14.4 Å². The van der Waals surface area contributed by atoms with Crippen molar-refractivity contribution < 1.29 is 13.6 Å². The van der Waals surface area contributed by atoms with Crippen LogP contribution in [-0.4, -0.2) is 7.05 Å². The van der Waals surface area contributed by atoms with Crippen molar-refractivity contribution in [3.05, 3.63) is 96.6 Å². The maximum atomic E-state index is 13.8. The predicted molar refractivity (Wildman–Crippen MR) is 100.0 cm³/mol. The van der Waals surface area contributed by atoms with Crippen LogP contribution in [0.4, 0.5) is 0 Å². The lowest BCUT2D eigenvalue weighted by Crippen LogP contribution is -2.22. The van der Waals surface area contributed by atoms with Crippen molar-refractivity contribution in [2.24, 2.45) is 0 Å². The summed E-state index contributed by atoms with van der Waals surface area (Å²) >= 11 is 0. The zero-order valence-electron chi connectivity index (χ0n) is 13.9. The molecule has 1 atom stereocenters. The van der Waals surface area contributed by atoms with Crippen molar-refractivity contribution in [3.8, 4) is 11.5 Å². The molecule has 0 aliphatic carbocycles. The van der Waals surface area contributed by atoms with Crippen molar-refractivity contribution >= 4 is 7.60 Å². The third kappa shape index (κ3) is 4.30. The zero-order chi connectivity index (χ0) is 17.5. The number of nitrogens with one attached hydrogen (secondary N) is 1. The molecule has 3 rings (SSSR count). The Morgan fingerprint density at radius 1 is 0.720 bits per heavy atom. The van der Waals surface area contributed by atoms with Crippen molar-refractivity contribution in [1.82, 2.24) is 5.32 Å². The van der Waals surface area contributed by atoms with E-state index in [-0.39, 0.29) is 0 Å². The van der Waals surface area contributed by atoms with E-state index in [1.165, 1.54) is 0 Å². The molecule has 0 heterocycles. The van der Waals surface area contributed by atoms with Gasteiger partial charge >= 0.3 is 7.60 Å². The fourth-order valence-electron chi connectivity index (χ4n) is 2.52. The first-order valence-corrected chi connectivity index (χ1v) is 9.64. The number of hydrogen-bond acceptors (Lipinski definition) is 4. The van der Waals surface area contributed by atoms with Crippen molar-refractivity contribution in [1.29, 1.82) is 0 Å². The van der Waals surface area contributed by atoms with Gasteiger partial charge in [0.05, 0.1) is 0 Å². The average Bonchev–Trinajstić information content (AvgIpc) is 2.64. The first-order valence-electron chi connectivity index (χ1n) is 8.02. The molecule has 0 radical (unpaired) electrons. The minimum Gasteiger partial charge on any atom is -0.415 e. The Labute approximate surface area is 148 Å². The standard InChI is InChI=1S/C20H20NO3P/c1-21-20(17-11-5-2-6-12-17)25(22,23-18-13-7-3-8-14-18)24-19-15-9-4-10-16-19/h2-16,20-21H,1H3. The highest BCUT2D eigenvalue weighted by molar-refractivity contribution is 7.55. The molecule has 5 heteroatoms. The smallest absolute Gasteiger partial charge is 0.415 e. The van der Waals surface area contributed by atoms with Crippen molar-refractivity contribution in [2.75, 3.05) is 7.05 Å². The minimum atomic E-state index is -3.61. The topological polar surface area (TPSA) is 47.6 Å². The summed E-state index contributed by atoms with van der Waals surface area (Å²) in [6.07, 6.45) is 0. The maximum absolute atomic E-state index is 13.8. The molecule has 128 valence electrons. The summed E-state index contributed by atoms with van der Waals surface area (Å²) in [6, 6.07) is 27.6. The van der Waals surface area contributed by atoms with E-state index in [9.17, 15) is 4.57 Å². The van der Waals surface area contributed by atoms with Crippen LogP contribution in [0.25, 0.3) is 0 Å². The highest BCUT2D eigenvalue weighted by atomic mass is 31.2. The monoisotopic (exact) mass is 353 g/mol. The average molecular weight is 353 g/mol. The van der Waals surface area contributed by atoms with Gasteiger partial charge in [-0.05, 0) is 36.9 Å². The fourth-order valence-corrected chi connectivity index (χ4v) is 4.46. The minimum absolute atomic E-state index is 0.498. The van der Waals surface area contributed by atoms with Gasteiger partial charge in [0.1, 0.15) is 11.5 Å². The molecular weight excluding hydrogens is 333 g/mol. The molecule has 0 bridgehead atoms. The van der Waals surface area contributed by atoms with E-state index in [2.05, 4.69) is 5.32 Å². The lowest BCUT2D eigenvalue weighted by Gasteiger charge is -2.27. The highest BCUT2D eigenvalue weighted by Gasteiger charge is 2.39. The van der Waals surface area contributed by atoms with Crippen LogP contribution >= 0.6 is 7.60 Å². The Hall–Kier alpha value is -2.55. The number of para-hydroxylation sites is 2. The second kappa shape index (κ2) is 8.02. The van der Waals surface area contributed by atoms with Gasteiger partial charge in [-0.15, -0.1) is 0 Å². The van der Waals surface area contributed by atoms with Crippen molar-refractivity contribution in [2.45, 2.75) is 5.78 Å². The first-order chi connectivity index (χ1) is 12.2. The summed E-state index contributed by atoms with van der Waals surface area (Å²) in [5.41, 5.74) is 0.834. The van der Waals surface area contributed by atoms with Gasteiger partial charge in [-0.3, -0.25) is 0 Å². The summed E-state index contributed by atoms with van der Waals surface area (Å²) in [5.74, 6) is 0.394. The normalized spacial score (nSPS) is 12.4. The van der Waals surface area contributed by atoms with Crippen LogP contribution in [0.5, 0.6) is 11.5 Å². The fraction of sp³-hybridized carbons (Fsp3) is 0.100. The van der Waals surface area contributed by atoms with E-state index >= 15 is 0 Å². The highest BCUT2D eigenvalue weighted by Crippen LogP contribution is 2.58. The second-order valence-corrected chi connectivity index (χ2v) is 7.41. The molecule has 0 fully saturated rings. The second-order valence-electron chi connectivity index (χ2n) is 5.45. The Balaban J connectivity index is 1.99. The summed E-state index contributed by atoms with van der Waals surface area (Å²) < 4.78 is 25.5. The Bertz CT molecular complexity index is 780. The third-order valence-electron chi connectivity index (χ3n) is 3.66. The van der Waals surface area contributed by atoms with E-state index in [1.807, 2.05) is 66.7 Å². The molecular formula is C20H20NO3P. The Morgan fingerprint density at radius 2 is 1.12 bits per heavy atom. The van der Waals surface area contributed by atoms with Crippen LogP contribution in [-0.2, 0) is 4.57 Å². The van der Waals surface area contributed by atoms with Crippen LogP contribution in [0.2, 0.25) is 0 Å². The van der Waals surface area contributed by atoms with Gasteiger partial charge < -0.3 is 14.4 Å². The maximum Gasteiger partial charge on any atom is 0.452 e. The van der Waals surface area contributed by atoms with Gasteiger partial charge in [0.15, 0.2) is 5.78 Å². The molecule has 25 heavy (non-hydrogen) atoms. The molecule has 0 aliphatic rings. The zero-order valence-corrected chi connectivity index (χ0v) is 14.8. The summed E-state index contributed by atoms with van der Waals surface area (Å²) in [7, 11) is -1.86. The molecule has 3 aromatic rings. The molecule has 0 aromatic heterocycles. The molecule has 1 N–H and O–H groups in total.